The summed E-state index contributed by atoms with van der Waals surface area (Å²) in [4.78, 5) is 41.2. The number of amides is 1. The van der Waals surface area contributed by atoms with Crippen LogP contribution in [0.15, 0.2) is 38.6 Å². The van der Waals surface area contributed by atoms with Crippen LogP contribution in [0.1, 0.15) is 35.9 Å². The monoisotopic (exact) mass is 317 g/mol. The summed E-state index contributed by atoms with van der Waals surface area (Å²) in [5, 5.41) is 0. The lowest BCUT2D eigenvalue weighted by Gasteiger charge is -2.30. The smallest absolute Gasteiger partial charge is 0.328 e. The summed E-state index contributed by atoms with van der Waals surface area (Å²) in [5.41, 5.74) is -1.16. The van der Waals surface area contributed by atoms with Crippen molar-refractivity contribution in [1.29, 1.82) is 0 Å². The molecule has 0 bridgehead atoms. The van der Waals surface area contributed by atoms with Gasteiger partial charge in [0.05, 0.1) is 12.8 Å². The van der Waals surface area contributed by atoms with E-state index < -0.39 is 11.2 Å². The van der Waals surface area contributed by atoms with Crippen LogP contribution in [0.3, 0.4) is 0 Å². The number of carbonyl (C=O) groups excluding carboxylic acids is 1. The Hall–Kier alpha value is -2.57. The number of carbonyl (C=O) groups is 1. The van der Waals surface area contributed by atoms with Gasteiger partial charge < -0.3 is 14.3 Å². The van der Waals surface area contributed by atoms with Crippen molar-refractivity contribution >= 4 is 5.91 Å². The molecule has 1 unspecified atom stereocenters. The minimum Gasteiger partial charge on any atom is -0.467 e. The van der Waals surface area contributed by atoms with Gasteiger partial charge in [-0.1, -0.05) is 6.92 Å². The Bertz CT molecular complexity index is 803. The van der Waals surface area contributed by atoms with E-state index in [9.17, 15) is 14.4 Å². The first kappa shape index (κ1) is 15.3. The molecule has 0 saturated carbocycles. The van der Waals surface area contributed by atoms with E-state index in [2.05, 4.69) is 11.9 Å². The summed E-state index contributed by atoms with van der Waals surface area (Å²) in [6, 6.07) is 3.35. The minimum absolute atomic E-state index is 0.00130. The van der Waals surface area contributed by atoms with Crippen LogP contribution in [0.2, 0.25) is 0 Å². The SMILES string of the molecule is CC1CCCN(C(=O)c2c[nH]c(=O)n(Cc3ccco3)c2=O)C1. The van der Waals surface area contributed by atoms with Crippen molar-refractivity contribution < 1.29 is 9.21 Å². The third-order valence-electron chi connectivity index (χ3n) is 4.13. The van der Waals surface area contributed by atoms with Gasteiger partial charge in [0.1, 0.15) is 11.3 Å². The predicted octanol–water partition coefficient (Wildman–Crippen LogP) is 1.05. The van der Waals surface area contributed by atoms with E-state index in [1.165, 1.54) is 12.5 Å². The molecule has 1 amide bonds. The molecule has 1 aliphatic rings. The Labute approximate surface area is 132 Å². The Kier molecular flexibility index (Phi) is 4.18. The molecule has 2 aromatic heterocycles. The van der Waals surface area contributed by atoms with Gasteiger partial charge in [-0.05, 0) is 30.9 Å². The predicted molar refractivity (Wildman–Crippen MR) is 83.4 cm³/mol. The molecule has 3 heterocycles. The average molecular weight is 317 g/mol. The summed E-state index contributed by atoms with van der Waals surface area (Å²) in [7, 11) is 0. The van der Waals surface area contributed by atoms with Gasteiger partial charge in [0, 0.05) is 19.3 Å². The highest BCUT2D eigenvalue weighted by atomic mass is 16.3. The molecule has 1 saturated heterocycles. The molecule has 122 valence electrons. The molecular formula is C16H19N3O4. The number of hydrogen-bond acceptors (Lipinski definition) is 4. The van der Waals surface area contributed by atoms with Gasteiger partial charge >= 0.3 is 5.69 Å². The van der Waals surface area contributed by atoms with Gasteiger partial charge in [-0.3, -0.25) is 14.2 Å². The van der Waals surface area contributed by atoms with E-state index in [0.29, 0.717) is 24.8 Å². The third-order valence-corrected chi connectivity index (χ3v) is 4.13. The van der Waals surface area contributed by atoms with Crippen molar-refractivity contribution in [2.24, 2.45) is 5.92 Å². The van der Waals surface area contributed by atoms with Crippen molar-refractivity contribution in [3.05, 3.63) is 56.8 Å². The van der Waals surface area contributed by atoms with Crippen LogP contribution >= 0.6 is 0 Å². The number of rotatable bonds is 3. The molecule has 7 nitrogen and oxygen atoms in total. The molecule has 23 heavy (non-hydrogen) atoms. The molecule has 1 atom stereocenters. The Balaban J connectivity index is 1.92. The molecule has 1 N–H and O–H groups in total. The van der Waals surface area contributed by atoms with Crippen molar-refractivity contribution in [3.8, 4) is 0 Å². The molecule has 0 radical (unpaired) electrons. The molecule has 1 fully saturated rings. The van der Waals surface area contributed by atoms with E-state index in [0.717, 1.165) is 17.4 Å². The molecule has 3 rings (SSSR count). The van der Waals surface area contributed by atoms with E-state index in [-0.39, 0.29) is 18.0 Å². The lowest BCUT2D eigenvalue weighted by atomic mass is 10.00. The third kappa shape index (κ3) is 3.13. The second-order valence-electron chi connectivity index (χ2n) is 5.98. The second-order valence-corrected chi connectivity index (χ2v) is 5.98. The molecule has 0 aliphatic carbocycles. The summed E-state index contributed by atoms with van der Waals surface area (Å²) < 4.78 is 6.16. The zero-order valence-corrected chi connectivity index (χ0v) is 12.9. The molecular weight excluding hydrogens is 298 g/mol. The summed E-state index contributed by atoms with van der Waals surface area (Å²) in [6.07, 6.45) is 4.69. The minimum atomic E-state index is -0.589. The summed E-state index contributed by atoms with van der Waals surface area (Å²) >= 11 is 0. The second kappa shape index (κ2) is 6.28. The maximum absolute atomic E-state index is 12.6. The number of nitrogens with zero attached hydrogens (tertiary/aromatic N) is 2. The first-order chi connectivity index (χ1) is 11.1. The molecule has 1 aliphatic heterocycles. The average Bonchev–Trinajstić information content (AvgIpc) is 3.04. The van der Waals surface area contributed by atoms with Crippen molar-refractivity contribution in [1.82, 2.24) is 14.5 Å². The largest absolute Gasteiger partial charge is 0.467 e. The van der Waals surface area contributed by atoms with E-state index >= 15 is 0 Å². The van der Waals surface area contributed by atoms with Crippen LogP contribution in [0.4, 0.5) is 0 Å². The lowest BCUT2D eigenvalue weighted by Crippen LogP contribution is -2.44. The number of furan rings is 1. The zero-order valence-electron chi connectivity index (χ0n) is 12.9. The number of H-pyrrole nitrogens is 1. The van der Waals surface area contributed by atoms with E-state index in [1.807, 2.05) is 0 Å². The Morgan fingerprint density at radius 3 is 2.96 bits per heavy atom. The quantitative estimate of drug-likeness (QED) is 0.916. The van der Waals surface area contributed by atoms with Gasteiger partial charge in [0.25, 0.3) is 11.5 Å². The number of aromatic nitrogens is 2. The molecule has 7 heteroatoms. The number of piperidine rings is 1. The highest BCUT2D eigenvalue weighted by Gasteiger charge is 2.25. The molecule has 2 aromatic rings. The fourth-order valence-corrected chi connectivity index (χ4v) is 2.91. The van der Waals surface area contributed by atoms with E-state index in [4.69, 9.17) is 4.42 Å². The maximum Gasteiger partial charge on any atom is 0.328 e. The Morgan fingerprint density at radius 1 is 1.43 bits per heavy atom. The normalized spacial score (nSPS) is 18.1. The molecule has 0 aromatic carbocycles. The van der Waals surface area contributed by atoms with Crippen LogP contribution in [0, 0.1) is 5.92 Å². The van der Waals surface area contributed by atoms with Gasteiger partial charge in [0.2, 0.25) is 0 Å². The standard InChI is InChI=1S/C16H19N3O4/c1-11-4-2-6-18(9-11)14(20)13-8-17-16(22)19(15(13)21)10-12-5-3-7-23-12/h3,5,7-8,11H,2,4,6,9-10H2,1H3,(H,17,22). The number of likely N-dealkylation sites (tertiary alicyclic amines) is 1. The lowest BCUT2D eigenvalue weighted by molar-refractivity contribution is 0.0680. The number of nitrogens with one attached hydrogen (secondary N) is 1. The van der Waals surface area contributed by atoms with Crippen LogP contribution in [0.5, 0.6) is 0 Å². The van der Waals surface area contributed by atoms with Gasteiger partial charge in [-0.2, -0.15) is 0 Å². The number of aromatic amines is 1. The summed E-state index contributed by atoms with van der Waals surface area (Å²) in [6.45, 7) is 3.36. The highest BCUT2D eigenvalue weighted by Crippen LogP contribution is 2.16. The summed E-state index contributed by atoms with van der Waals surface area (Å²) in [5.74, 6) is 0.570. The van der Waals surface area contributed by atoms with Gasteiger partial charge in [-0.15, -0.1) is 0 Å². The van der Waals surface area contributed by atoms with Crippen molar-refractivity contribution in [3.63, 3.8) is 0 Å². The maximum atomic E-state index is 12.6. The fraction of sp³-hybridized carbons (Fsp3) is 0.438. The van der Waals surface area contributed by atoms with Crippen LogP contribution in [-0.2, 0) is 6.54 Å². The first-order valence-electron chi connectivity index (χ1n) is 7.70. The topological polar surface area (TPSA) is 88.3 Å². The number of hydrogen-bond donors (Lipinski definition) is 1. The zero-order chi connectivity index (χ0) is 16.4. The van der Waals surface area contributed by atoms with Gasteiger partial charge in [0.15, 0.2) is 0 Å². The first-order valence-corrected chi connectivity index (χ1v) is 7.70. The van der Waals surface area contributed by atoms with Crippen LogP contribution < -0.4 is 11.2 Å². The van der Waals surface area contributed by atoms with Crippen molar-refractivity contribution in [2.75, 3.05) is 13.1 Å². The van der Waals surface area contributed by atoms with Crippen LogP contribution in [-0.4, -0.2) is 33.4 Å². The highest BCUT2D eigenvalue weighted by molar-refractivity contribution is 5.93. The van der Waals surface area contributed by atoms with Crippen LogP contribution in [0.25, 0.3) is 0 Å². The Morgan fingerprint density at radius 2 is 2.26 bits per heavy atom. The van der Waals surface area contributed by atoms with E-state index in [1.54, 1.807) is 17.0 Å². The molecule has 0 spiro atoms. The van der Waals surface area contributed by atoms with Crippen molar-refractivity contribution in [2.45, 2.75) is 26.3 Å². The van der Waals surface area contributed by atoms with Gasteiger partial charge in [-0.25, -0.2) is 4.79 Å². The fourth-order valence-electron chi connectivity index (χ4n) is 2.91.